The summed E-state index contributed by atoms with van der Waals surface area (Å²) in [5, 5.41) is 4.56. The van der Waals surface area contributed by atoms with Crippen molar-refractivity contribution in [1.29, 1.82) is 0 Å². The minimum atomic E-state index is 0.618. The molecule has 16 heavy (non-hydrogen) atoms. The van der Waals surface area contributed by atoms with Gasteiger partial charge in [-0.15, -0.1) is 0 Å². The molecule has 0 bridgehead atoms. The number of anilines is 1. The zero-order valence-corrected chi connectivity index (χ0v) is 9.27. The Morgan fingerprint density at radius 1 is 1.44 bits per heavy atom. The van der Waals surface area contributed by atoms with Crippen LogP contribution < -0.4 is 11.3 Å². The van der Waals surface area contributed by atoms with Gasteiger partial charge in [0.15, 0.2) is 5.65 Å². The molecule has 0 amide bonds. The molecular weight excluding hydrogens is 202 g/mol. The second kappa shape index (κ2) is 3.45. The van der Waals surface area contributed by atoms with Crippen molar-refractivity contribution in [2.75, 3.05) is 5.43 Å². The average Bonchev–Trinajstić information content (AvgIpc) is 2.56. The quantitative estimate of drug-likeness (QED) is 0.592. The number of aryl methyl sites for hydroxylation is 1. The van der Waals surface area contributed by atoms with Gasteiger partial charge in [-0.25, -0.2) is 10.8 Å². The Hall–Kier alpha value is -1.62. The van der Waals surface area contributed by atoms with Gasteiger partial charge >= 0.3 is 0 Å². The topological polar surface area (TPSA) is 68.2 Å². The molecule has 0 unspecified atom stereocenters. The van der Waals surface area contributed by atoms with Gasteiger partial charge in [-0.05, 0) is 19.8 Å². The number of rotatable bonds is 2. The van der Waals surface area contributed by atoms with Crippen molar-refractivity contribution in [3.63, 3.8) is 0 Å². The number of aromatic nitrogens is 3. The number of nitrogen functional groups attached to an aromatic ring is 1. The highest BCUT2D eigenvalue weighted by molar-refractivity contribution is 5.50. The molecule has 0 aliphatic heterocycles. The van der Waals surface area contributed by atoms with Gasteiger partial charge in [-0.3, -0.25) is 0 Å². The third-order valence-electron chi connectivity index (χ3n) is 3.25. The Morgan fingerprint density at radius 3 is 2.88 bits per heavy atom. The molecule has 2 aromatic rings. The molecule has 1 fully saturated rings. The van der Waals surface area contributed by atoms with Gasteiger partial charge in [0, 0.05) is 23.7 Å². The summed E-state index contributed by atoms with van der Waals surface area (Å²) < 4.78 is 1.78. The number of nitrogens with one attached hydrogen (secondary N) is 1. The summed E-state index contributed by atoms with van der Waals surface area (Å²) in [6, 6.07) is 3.96. The molecule has 0 atom stereocenters. The van der Waals surface area contributed by atoms with Crippen LogP contribution in [-0.2, 0) is 0 Å². The normalized spacial score (nSPS) is 16.4. The number of nitrogens with zero attached hydrogens (tertiary/aromatic N) is 3. The fourth-order valence-electron chi connectivity index (χ4n) is 2.12. The summed E-state index contributed by atoms with van der Waals surface area (Å²) in [5.41, 5.74) is 5.61. The molecule has 5 heteroatoms. The first-order chi connectivity index (χ1) is 7.78. The van der Waals surface area contributed by atoms with E-state index in [1.165, 1.54) is 19.3 Å². The third-order valence-corrected chi connectivity index (χ3v) is 3.25. The van der Waals surface area contributed by atoms with Crippen molar-refractivity contribution in [1.82, 2.24) is 14.6 Å². The predicted molar refractivity (Wildman–Crippen MR) is 62.1 cm³/mol. The average molecular weight is 217 g/mol. The lowest BCUT2D eigenvalue weighted by Gasteiger charge is -2.22. The van der Waals surface area contributed by atoms with E-state index < -0.39 is 0 Å². The minimum absolute atomic E-state index is 0.618. The van der Waals surface area contributed by atoms with Crippen molar-refractivity contribution < 1.29 is 0 Å². The number of nitrogens with two attached hydrogens (primary N) is 1. The first-order valence-electron chi connectivity index (χ1n) is 5.62. The van der Waals surface area contributed by atoms with Crippen molar-refractivity contribution >= 4 is 11.5 Å². The summed E-state index contributed by atoms with van der Waals surface area (Å²) in [5.74, 6) is 6.88. The highest BCUT2D eigenvalue weighted by Gasteiger charge is 2.23. The van der Waals surface area contributed by atoms with Crippen LogP contribution in [-0.4, -0.2) is 14.6 Å². The van der Waals surface area contributed by atoms with Gasteiger partial charge in [-0.2, -0.15) is 9.61 Å². The molecule has 2 heterocycles. The summed E-state index contributed by atoms with van der Waals surface area (Å²) in [6.45, 7) is 1.96. The molecule has 0 saturated heterocycles. The van der Waals surface area contributed by atoms with Crippen LogP contribution in [0.3, 0.4) is 0 Å². The van der Waals surface area contributed by atoms with E-state index in [0.717, 1.165) is 22.9 Å². The van der Waals surface area contributed by atoms with Crippen LogP contribution in [0.1, 0.15) is 36.6 Å². The Kier molecular flexibility index (Phi) is 2.07. The second-order valence-electron chi connectivity index (χ2n) is 4.39. The van der Waals surface area contributed by atoms with Crippen LogP contribution in [0, 0.1) is 6.92 Å². The molecule has 2 aromatic heterocycles. The van der Waals surface area contributed by atoms with E-state index in [0.29, 0.717) is 5.92 Å². The zero-order valence-electron chi connectivity index (χ0n) is 9.27. The monoisotopic (exact) mass is 217 g/mol. The van der Waals surface area contributed by atoms with E-state index in [4.69, 9.17) is 5.84 Å². The molecule has 1 aliphatic rings. The molecule has 5 nitrogen and oxygen atoms in total. The number of hydrogen-bond acceptors (Lipinski definition) is 4. The fourth-order valence-corrected chi connectivity index (χ4v) is 2.12. The van der Waals surface area contributed by atoms with E-state index in [2.05, 4.69) is 21.6 Å². The summed E-state index contributed by atoms with van der Waals surface area (Å²) in [7, 11) is 0. The van der Waals surface area contributed by atoms with Gasteiger partial charge in [0.05, 0.1) is 5.69 Å². The van der Waals surface area contributed by atoms with E-state index in [-0.39, 0.29) is 0 Å². The molecule has 0 aromatic carbocycles. The van der Waals surface area contributed by atoms with E-state index in [9.17, 15) is 0 Å². The molecule has 0 spiro atoms. The Labute approximate surface area is 93.6 Å². The zero-order chi connectivity index (χ0) is 11.1. The van der Waals surface area contributed by atoms with E-state index in [1.807, 2.05) is 13.0 Å². The Morgan fingerprint density at radius 2 is 2.25 bits per heavy atom. The van der Waals surface area contributed by atoms with Gasteiger partial charge in [0.1, 0.15) is 5.82 Å². The van der Waals surface area contributed by atoms with Gasteiger partial charge < -0.3 is 5.43 Å². The lowest BCUT2D eigenvalue weighted by atomic mass is 9.83. The molecule has 3 N–H and O–H groups in total. The largest absolute Gasteiger partial charge is 0.308 e. The van der Waals surface area contributed by atoms with Crippen molar-refractivity contribution in [2.45, 2.75) is 32.1 Å². The summed E-state index contributed by atoms with van der Waals surface area (Å²) in [6.07, 6.45) is 3.80. The highest BCUT2D eigenvalue weighted by Crippen LogP contribution is 2.35. The Bertz CT molecular complexity index is 526. The molecule has 84 valence electrons. The standard InChI is InChI=1S/C11H15N5/c1-7-5-11(14-12)16-10(13-7)6-9(15-16)8-3-2-4-8/h5-6,8,14H,2-4,12H2,1H3. The van der Waals surface area contributed by atoms with E-state index >= 15 is 0 Å². The third kappa shape index (κ3) is 1.36. The maximum Gasteiger partial charge on any atom is 0.157 e. The lowest BCUT2D eigenvalue weighted by molar-refractivity contribution is 0.410. The Balaban J connectivity index is 2.15. The van der Waals surface area contributed by atoms with Crippen LogP contribution in [0.25, 0.3) is 5.65 Å². The van der Waals surface area contributed by atoms with Gasteiger partial charge in [-0.1, -0.05) is 6.42 Å². The number of fused-ring (bicyclic) bond motifs is 1. The van der Waals surface area contributed by atoms with Crippen molar-refractivity contribution in [3.05, 3.63) is 23.5 Å². The second-order valence-corrected chi connectivity index (χ2v) is 4.39. The molecule has 1 aliphatic carbocycles. The first-order valence-corrected chi connectivity index (χ1v) is 5.62. The smallest absolute Gasteiger partial charge is 0.157 e. The van der Waals surface area contributed by atoms with Crippen LogP contribution in [0.4, 0.5) is 5.82 Å². The molecule has 1 saturated carbocycles. The maximum absolute atomic E-state index is 5.48. The van der Waals surface area contributed by atoms with Crippen molar-refractivity contribution in [3.8, 4) is 0 Å². The molecule has 3 rings (SSSR count). The van der Waals surface area contributed by atoms with Gasteiger partial charge in [0.2, 0.25) is 0 Å². The SMILES string of the molecule is Cc1cc(NN)n2nc(C3CCC3)cc2n1. The van der Waals surface area contributed by atoms with Crippen LogP contribution in [0.5, 0.6) is 0 Å². The summed E-state index contributed by atoms with van der Waals surface area (Å²) >= 11 is 0. The minimum Gasteiger partial charge on any atom is -0.308 e. The lowest BCUT2D eigenvalue weighted by Crippen LogP contribution is -2.13. The molecule has 0 radical (unpaired) electrons. The van der Waals surface area contributed by atoms with E-state index in [1.54, 1.807) is 4.52 Å². The highest BCUT2D eigenvalue weighted by atomic mass is 15.4. The fraction of sp³-hybridized carbons (Fsp3) is 0.455. The van der Waals surface area contributed by atoms with Crippen LogP contribution in [0.15, 0.2) is 12.1 Å². The first kappa shape index (κ1) is 9.59. The predicted octanol–water partition coefficient (Wildman–Crippen LogP) is 1.59. The van der Waals surface area contributed by atoms with Crippen molar-refractivity contribution in [2.24, 2.45) is 5.84 Å². The number of hydrogen-bond donors (Lipinski definition) is 2. The maximum atomic E-state index is 5.48. The van der Waals surface area contributed by atoms with Crippen LogP contribution >= 0.6 is 0 Å². The summed E-state index contributed by atoms with van der Waals surface area (Å²) in [4.78, 5) is 4.45. The van der Waals surface area contributed by atoms with Gasteiger partial charge in [0.25, 0.3) is 0 Å². The molecular formula is C11H15N5. The van der Waals surface area contributed by atoms with Crippen LogP contribution in [0.2, 0.25) is 0 Å². The number of hydrazine groups is 1.